The predicted octanol–water partition coefficient (Wildman–Crippen LogP) is 4.61. The number of phenolic OH excluding ortho intramolecular Hbond substituents is 1. The molecule has 0 aliphatic heterocycles. The number of amides is 1. The predicted molar refractivity (Wildman–Crippen MR) is 115 cm³/mol. The molecule has 0 bridgehead atoms. The molecule has 3 aromatic rings. The van der Waals surface area contributed by atoms with Gasteiger partial charge in [-0.2, -0.15) is 5.10 Å². The maximum Gasteiger partial charge on any atom is 0.277 e. The summed E-state index contributed by atoms with van der Waals surface area (Å²) in [5, 5.41) is 15.8. The minimum atomic E-state index is -0.429. The van der Waals surface area contributed by atoms with Gasteiger partial charge in [-0.05, 0) is 57.0 Å². The zero-order valence-electron chi connectivity index (χ0n) is 14.8. The number of para-hydroxylation sites is 1. The molecule has 0 fully saturated rings. The maximum absolute atomic E-state index is 12.0. The van der Waals surface area contributed by atoms with Crippen molar-refractivity contribution < 1.29 is 19.4 Å². The number of fused-ring (bicyclic) bond motifs is 1. The second-order valence-corrected chi connectivity index (χ2v) is 7.43. The lowest BCUT2D eigenvalue weighted by molar-refractivity contribution is -0.123. The SMILES string of the molecule is COc1cccc(C=NNC(=O)COc2ccc3cc(Br)ccc3c2Br)c1O. The van der Waals surface area contributed by atoms with E-state index in [-0.39, 0.29) is 12.4 Å². The number of hydrogen-bond acceptors (Lipinski definition) is 5. The van der Waals surface area contributed by atoms with E-state index in [2.05, 4.69) is 42.4 Å². The van der Waals surface area contributed by atoms with E-state index in [0.717, 1.165) is 19.7 Å². The van der Waals surface area contributed by atoms with Crippen molar-refractivity contribution >= 4 is 54.8 Å². The van der Waals surface area contributed by atoms with E-state index in [0.29, 0.717) is 17.1 Å². The van der Waals surface area contributed by atoms with E-state index < -0.39 is 5.91 Å². The molecule has 0 spiro atoms. The number of nitrogens with one attached hydrogen (secondary N) is 1. The quantitative estimate of drug-likeness (QED) is 0.377. The molecule has 0 heterocycles. The molecule has 0 radical (unpaired) electrons. The van der Waals surface area contributed by atoms with Crippen LogP contribution in [0.25, 0.3) is 10.8 Å². The molecular formula is C20H16Br2N2O4. The number of phenols is 1. The van der Waals surface area contributed by atoms with Crippen molar-refractivity contribution in [2.45, 2.75) is 0 Å². The van der Waals surface area contributed by atoms with Crippen molar-refractivity contribution in [2.75, 3.05) is 13.7 Å². The molecule has 0 aliphatic rings. The lowest BCUT2D eigenvalue weighted by Gasteiger charge is -2.10. The Kier molecular flexibility index (Phi) is 6.53. The molecule has 0 unspecified atom stereocenters. The first-order valence-electron chi connectivity index (χ1n) is 8.18. The smallest absolute Gasteiger partial charge is 0.277 e. The molecule has 0 aliphatic carbocycles. The van der Waals surface area contributed by atoms with Crippen molar-refractivity contribution in [1.29, 1.82) is 0 Å². The highest BCUT2D eigenvalue weighted by Gasteiger charge is 2.09. The van der Waals surface area contributed by atoms with Gasteiger partial charge in [0.05, 0.1) is 17.8 Å². The van der Waals surface area contributed by atoms with Crippen molar-refractivity contribution in [2.24, 2.45) is 5.10 Å². The van der Waals surface area contributed by atoms with Crippen LogP contribution >= 0.6 is 31.9 Å². The van der Waals surface area contributed by atoms with Gasteiger partial charge < -0.3 is 14.6 Å². The van der Waals surface area contributed by atoms with Crippen LogP contribution in [0, 0.1) is 0 Å². The zero-order chi connectivity index (χ0) is 20.1. The summed E-state index contributed by atoms with van der Waals surface area (Å²) in [4.78, 5) is 12.0. The van der Waals surface area contributed by atoms with Gasteiger partial charge in [0, 0.05) is 10.0 Å². The molecular weight excluding hydrogens is 492 g/mol. The van der Waals surface area contributed by atoms with E-state index >= 15 is 0 Å². The minimum absolute atomic E-state index is 0.0500. The van der Waals surface area contributed by atoms with Gasteiger partial charge in [0.1, 0.15) is 5.75 Å². The number of nitrogens with zero attached hydrogens (tertiary/aromatic N) is 1. The number of benzene rings is 3. The number of carbonyl (C=O) groups excluding carboxylic acids is 1. The topological polar surface area (TPSA) is 80.2 Å². The van der Waals surface area contributed by atoms with Crippen molar-refractivity contribution in [3.05, 3.63) is 63.0 Å². The molecule has 3 aromatic carbocycles. The van der Waals surface area contributed by atoms with E-state index in [4.69, 9.17) is 9.47 Å². The van der Waals surface area contributed by atoms with E-state index in [1.54, 1.807) is 24.3 Å². The standard InChI is InChI=1S/C20H16Br2N2O4/c1-27-17-4-2-3-13(20(17)26)10-23-24-18(25)11-28-16-8-5-12-9-14(21)6-7-15(12)19(16)22/h2-10,26H,11H2,1H3,(H,24,25). The van der Waals surface area contributed by atoms with Crippen LogP contribution in [0.1, 0.15) is 5.56 Å². The Balaban J connectivity index is 1.61. The summed E-state index contributed by atoms with van der Waals surface area (Å²) in [6, 6.07) is 14.6. The first kappa shape index (κ1) is 20.2. The monoisotopic (exact) mass is 506 g/mol. The number of aromatic hydroxyl groups is 1. The molecule has 28 heavy (non-hydrogen) atoms. The molecule has 0 saturated heterocycles. The van der Waals surface area contributed by atoms with Crippen molar-refractivity contribution in [3.63, 3.8) is 0 Å². The second-order valence-electron chi connectivity index (χ2n) is 5.72. The van der Waals surface area contributed by atoms with Crippen molar-refractivity contribution in [3.8, 4) is 17.2 Å². The molecule has 0 atom stereocenters. The van der Waals surface area contributed by atoms with Crippen LogP contribution in [0.3, 0.4) is 0 Å². The fourth-order valence-electron chi connectivity index (χ4n) is 2.51. The zero-order valence-corrected chi connectivity index (χ0v) is 18.0. The molecule has 3 rings (SSSR count). The third-order valence-electron chi connectivity index (χ3n) is 3.88. The van der Waals surface area contributed by atoms with Crippen LogP contribution in [0.15, 0.2) is 62.6 Å². The number of methoxy groups -OCH3 is 1. The van der Waals surface area contributed by atoms with E-state index in [1.165, 1.54) is 13.3 Å². The molecule has 0 saturated carbocycles. The average Bonchev–Trinajstić information content (AvgIpc) is 2.68. The Morgan fingerprint density at radius 3 is 2.79 bits per heavy atom. The Bertz CT molecular complexity index is 1050. The van der Waals surface area contributed by atoms with Crippen LogP contribution in [-0.2, 0) is 4.79 Å². The third kappa shape index (κ3) is 4.63. The van der Waals surface area contributed by atoms with Gasteiger partial charge >= 0.3 is 0 Å². The first-order valence-corrected chi connectivity index (χ1v) is 9.76. The number of hydrazone groups is 1. The number of hydrogen-bond donors (Lipinski definition) is 2. The number of ether oxygens (including phenoxy) is 2. The minimum Gasteiger partial charge on any atom is -0.504 e. The van der Waals surface area contributed by atoms with Crippen molar-refractivity contribution in [1.82, 2.24) is 5.43 Å². The van der Waals surface area contributed by atoms with Gasteiger partial charge in [-0.3, -0.25) is 4.79 Å². The lowest BCUT2D eigenvalue weighted by Crippen LogP contribution is -2.24. The van der Waals surface area contributed by atoms with E-state index in [1.807, 2.05) is 24.3 Å². The molecule has 0 aromatic heterocycles. The Labute approximate surface area is 178 Å². The largest absolute Gasteiger partial charge is 0.504 e. The highest BCUT2D eigenvalue weighted by molar-refractivity contribution is 9.11. The van der Waals surface area contributed by atoms with Gasteiger partial charge in [0.25, 0.3) is 5.91 Å². The second kappa shape index (κ2) is 9.07. The molecule has 8 heteroatoms. The Morgan fingerprint density at radius 1 is 1.18 bits per heavy atom. The van der Waals surface area contributed by atoms with Crippen LogP contribution in [0.2, 0.25) is 0 Å². The Hall–Kier alpha value is -2.58. The summed E-state index contributed by atoms with van der Waals surface area (Å²) in [6.45, 7) is -0.206. The highest BCUT2D eigenvalue weighted by atomic mass is 79.9. The van der Waals surface area contributed by atoms with Crippen LogP contribution in [0.4, 0.5) is 0 Å². The molecule has 2 N–H and O–H groups in total. The van der Waals surface area contributed by atoms with Gasteiger partial charge in [-0.25, -0.2) is 5.43 Å². The fourth-order valence-corrected chi connectivity index (χ4v) is 3.50. The first-order chi connectivity index (χ1) is 13.5. The van der Waals surface area contributed by atoms with Gasteiger partial charge in [0.2, 0.25) is 0 Å². The van der Waals surface area contributed by atoms with Crippen LogP contribution in [-0.4, -0.2) is 30.9 Å². The number of rotatable bonds is 6. The van der Waals surface area contributed by atoms with Crippen LogP contribution < -0.4 is 14.9 Å². The lowest BCUT2D eigenvalue weighted by atomic mass is 10.1. The number of carbonyl (C=O) groups is 1. The molecule has 1 amide bonds. The maximum atomic E-state index is 12.0. The highest BCUT2D eigenvalue weighted by Crippen LogP contribution is 2.34. The van der Waals surface area contributed by atoms with Gasteiger partial charge in [-0.1, -0.05) is 34.1 Å². The summed E-state index contributed by atoms with van der Waals surface area (Å²) >= 11 is 6.96. The van der Waals surface area contributed by atoms with Crippen LogP contribution in [0.5, 0.6) is 17.2 Å². The fraction of sp³-hybridized carbons (Fsp3) is 0.100. The van der Waals surface area contributed by atoms with E-state index in [9.17, 15) is 9.90 Å². The normalized spacial score (nSPS) is 11.0. The summed E-state index contributed by atoms with van der Waals surface area (Å²) in [7, 11) is 1.46. The third-order valence-corrected chi connectivity index (χ3v) is 5.19. The summed E-state index contributed by atoms with van der Waals surface area (Å²) in [6.07, 6.45) is 1.33. The summed E-state index contributed by atoms with van der Waals surface area (Å²) < 4.78 is 12.4. The van der Waals surface area contributed by atoms with Gasteiger partial charge in [-0.15, -0.1) is 0 Å². The molecule has 6 nitrogen and oxygen atoms in total. The average molecular weight is 508 g/mol. The Morgan fingerprint density at radius 2 is 2.00 bits per heavy atom. The number of halogens is 2. The molecule has 144 valence electrons. The summed E-state index contributed by atoms with van der Waals surface area (Å²) in [5.74, 6) is 0.401. The summed E-state index contributed by atoms with van der Waals surface area (Å²) in [5.41, 5.74) is 2.78. The van der Waals surface area contributed by atoms with Gasteiger partial charge in [0.15, 0.2) is 18.1 Å².